The smallest absolute Gasteiger partial charge is 0.243 e. The number of methoxy groups -OCH3 is 1. The first-order valence-electron chi connectivity index (χ1n) is 9.67. The Morgan fingerprint density at radius 3 is 2.43 bits per heavy atom. The van der Waals surface area contributed by atoms with Crippen molar-refractivity contribution in [3.63, 3.8) is 0 Å². The van der Waals surface area contributed by atoms with Crippen molar-refractivity contribution in [2.24, 2.45) is 5.92 Å². The second-order valence-corrected chi connectivity index (χ2v) is 10.3. The van der Waals surface area contributed by atoms with Gasteiger partial charge in [-0.05, 0) is 44.2 Å². The molecule has 10 heteroatoms. The Balaban J connectivity index is 2.14. The van der Waals surface area contributed by atoms with Crippen molar-refractivity contribution in [1.82, 2.24) is 14.2 Å². The standard InChI is InChI=1S/C20H30FN3O4S2/c1-15(19(28-4)12-23(3)13-20-22-9-10-29-20)11-24(16(2)14-25)30(26,27)18-7-5-17(21)6-8-18/h5-10,15-16,19,25H,11-14H2,1-4H3/t15-,16+,19+/m0/s1. The summed E-state index contributed by atoms with van der Waals surface area (Å²) in [4.78, 5) is 6.36. The quantitative estimate of drug-likeness (QED) is 0.525. The first-order chi connectivity index (χ1) is 14.2. The molecule has 2 aromatic rings. The summed E-state index contributed by atoms with van der Waals surface area (Å²) in [6.45, 7) is 4.66. The van der Waals surface area contributed by atoms with E-state index in [2.05, 4.69) is 9.88 Å². The molecule has 0 bridgehead atoms. The molecule has 7 nitrogen and oxygen atoms in total. The van der Waals surface area contributed by atoms with Crippen molar-refractivity contribution < 1.29 is 22.7 Å². The molecule has 1 aromatic carbocycles. The third-order valence-electron chi connectivity index (χ3n) is 4.96. The van der Waals surface area contributed by atoms with Gasteiger partial charge < -0.3 is 9.84 Å². The van der Waals surface area contributed by atoms with Gasteiger partial charge in [0, 0.05) is 37.8 Å². The fourth-order valence-electron chi connectivity index (χ4n) is 3.17. The Morgan fingerprint density at radius 1 is 1.23 bits per heavy atom. The number of rotatable bonds is 12. The highest BCUT2D eigenvalue weighted by atomic mass is 32.2. The summed E-state index contributed by atoms with van der Waals surface area (Å²) in [7, 11) is -0.341. The average Bonchev–Trinajstić information content (AvgIpc) is 3.22. The van der Waals surface area contributed by atoms with Crippen LogP contribution in [0.15, 0.2) is 40.7 Å². The van der Waals surface area contributed by atoms with Gasteiger partial charge in [-0.3, -0.25) is 4.90 Å². The van der Waals surface area contributed by atoms with Gasteiger partial charge in [-0.1, -0.05) is 6.92 Å². The van der Waals surface area contributed by atoms with Gasteiger partial charge in [0.2, 0.25) is 10.0 Å². The maximum Gasteiger partial charge on any atom is 0.243 e. The van der Waals surface area contributed by atoms with Gasteiger partial charge >= 0.3 is 0 Å². The summed E-state index contributed by atoms with van der Waals surface area (Å²) >= 11 is 1.58. The minimum Gasteiger partial charge on any atom is -0.395 e. The number of thiazole rings is 1. The molecule has 1 heterocycles. The summed E-state index contributed by atoms with van der Waals surface area (Å²) in [5.41, 5.74) is 0. The largest absolute Gasteiger partial charge is 0.395 e. The van der Waals surface area contributed by atoms with Crippen LogP contribution in [0.4, 0.5) is 4.39 Å². The van der Waals surface area contributed by atoms with Crippen LogP contribution in [0.1, 0.15) is 18.9 Å². The number of hydrogen-bond donors (Lipinski definition) is 1. The molecule has 0 aliphatic heterocycles. The van der Waals surface area contributed by atoms with Crippen LogP contribution in [-0.2, 0) is 21.3 Å². The number of sulfonamides is 1. The monoisotopic (exact) mass is 459 g/mol. The SMILES string of the molecule is CO[C@H](CN(C)Cc1nccs1)[C@@H](C)CN([C@H](C)CO)S(=O)(=O)c1ccc(F)cc1. The van der Waals surface area contributed by atoms with E-state index in [1.54, 1.807) is 31.6 Å². The van der Waals surface area contributed by atoms with Gasteiger partial charge in [0.15, 0.2) is 0 Å². The molecule has 0 aliphatic carbocycles. The third-order valence-corrected chi connectivity index (χ3v) is 7.72. The number of ether oxygens (including phenoxy) is 1. The van der Waals surface area contributed by atoms with Crippen molar-refractivity contribution in [3.05, 3.63) is 46.7 Å². The summed E-state index contributed by atoms with van der Waals surface area (Å²) in [6, 6.07) is 4.07. The predicted molar refractivity (Wildman–Crippen MR) is 115 cm³/mol. The van der Waals surface area contributed by atoms with Gasteiger partial charge in [0.1, 0.15) is 10.8 Å². The lowest BCUT2D eigenvalue weighted by atomic mass is 10.0. The highest BCUT2D eigenvalue weighted by Gasteiger charge is 2.32. The number of halogens is 1. The number of aromatic nitrogens is 1. The second kappa shape index (κ2) is 11.3. The molecule has 0 unspecified atom stereocenters. The van der Waals surface area contributed by atoms with Gasteiger partial charge in [0.25, 0.3) is 0 Å². The number of nitrogens with zero attached hydrogens (tertiary/aromatic N) is 3. The highest BCUT2D eigenvalue weighted by Crippen LogP contribution is 2.22. The molecule has 0 saturated carbocycles. The minimum absolute atomic E-state index is 0.00810. The van der Waals surface area contributed by atoms with Crippen LogP contribution in [0.3, 0.4) is 0 Å². The maximum atomic E-state index is 13.2. The molecule has 0 radical (unpaired) electrons. The zero-order chi connectivity index (χ0) is 22.3. The predicted octanol–water partition coefficient (Wildman–Crippen LogP) is 2.44. The molecule has 0 saturated heterocycles. The van der Waals surface area contributed by atoms with Crippen LogP contribution in [0.5, 0.6) is 0 Å². The number of benzene rings is 1. The normalized spacial score (nSPS) is 15.5. The van der Waals surface area contributed by atoms with Crippen LogP contribution in [-0.4, -0.2) is 73.7 Å². The second-order valence-electron chi connectivity index (χ2n) is 7.43. The topological polar surface area (TPSA) is 83.0 Å². The summed E-state index contributed by atoms with van der Waals surface area (Å²) < 4.78 is 46.5. The van der Waals surface area contributed by atoms with Crippen molar-refractivity contribution in [3.8, 4) is 0 Å². The molecule has 2 rings (SSSR count). The van der Waals surface area contributed by atoms with E-state index in [1.807, 2.05) is 19.4 Å². The summed E-state index contributed by atoms with van der Waals surface area (Å²) in [5.74, 6) is -0.662. The Hall–Kier alpha value is -1.43. The molecule has 1 N–H and O–H groups in total. The molecule has 0 aliphatic rings. The Morgan fingerprint density at radius 2 is 1.90 bits per heavy atom. The molecule has 0 spiro atoms. The molecule has 168 valence electrons. The van der Waals surface area contributed by atoms with E-state index in [9.17, 15) is 17.9 Å². The Labute approximate surface area is 182 Å². The fraction of sp³-hybridized carbons (Fsp3) is 0.550. The van der Waals surface area contributed by atoms with E-state index in [0.29, 0.717) is 13.1 Å². The van der Waals surface area contributed by atoms with E-state index in [-0.39, 0.29) is 30.1 Å². The van der Waals surface area contributed by atoms with E-state index in [1.165, 1.54) is 16.4 Å². The first kappa shape index (κ1) is 24.8. The van der Waals surface area contributed by atoms with Crippen LogP contribution in [0, 0.1) is 11.7 Å². The van der Waals surface area contributed by atoms with Crippen molar-refractivity contribution in [2.75, 3.05) is 33.9 Å². The van der Waals surface area contributed by atoms with Crippen molar-refractivity contribution >= 4 is 21.4 Å². The molecule has 0 amide bonds. The molecule has 0 fully saturated rings. The number of likely N-dealkylation sites (N-methyl/N-ethyl adjacent to an activating group) is 1. The Bertz CT molecular complexity index is 863. The van der Waals surface area contributed by atoms with Crippen LogP contribution >= 0.6 is 11.3 Å². The molecular formula is C20H30FN3O4S2. The minimum atomic E-state index is -3.91. The van der Waals surface area contributed by atoms with E-state index in [0.717, 1.165) is 17.1 Å². The number of hydrogen-bond acceptors (Lipinski definition) is 7. The number of aliphatic hydroxyl groups excluding tert-OH is 1. The fourth-order valence-corrected chi connectivity index (χ4v) is 5.59. The van der Waals surface area contributed by atoms with Crippen molar-refractivity contribution in [1.29, 1.82) is 0 Å². The van der Waals surface area contributed by atoms with E-state index >= 15 is 0 Å². The first-order valence-corrected chi connectivity index (χ1v) is 12.0. The Kier molecular flexibility index (Phi) is 9.32. The van der Waals surface area contributed by atoms with Crippen LogP contribution in [0.2, 0.25) is 0 Å². The molecule has 3 atom stereocenters. The lowest BCUT2D eigenvalue weighted by Gasteiger charge is -2.33. The third kappa shape index (κ3) is 6.53. The van der Waals surface area contributed by atoms with Gasteiger partial charge in [-0.25, -0.2) is 17.8 Å². The lowest BCUT2D eigenvalue weighted by molar-refractivity contribution is 0.0221. The summed E-state index contributed by atoms with van der Waals surface area (Å²) in [6.07, 6.45) is 1.53. The van der Waals surface area contributed by atoms with Gasteiger partial charge in [-0.2, -0.15) is 4.31 Å². The van der Waals surface area contributed by atoms with Gasteiger partial charge in [0.05, 0.1) is 24.2 Å². The highest BCUT2D eigenvalue weighted by molar-refractivity contribution is 7.89. The zero-order valence-electron chi connectivity index (χ0n) is 17.7. The molecule has 30 heavy (non-hydrogen) atoms. The average molecular weight is 460 g/mol. The molecule has 1 aromatic heterocycles. The molecular weight excluding hydrogens is 429 g/mol. The van der Waals surface area contributed by atoms with E-state index < -0.39 is 21.9 Å². The lowest BCUT2D eigenvalue weighted by Crippen LogP contribution is -2.46. The van der Waals surface area contributed by atoms with E-state index in [4.69, 9.17) is 4.74 Å². The number of aliphatic hydroxyl groups is 1. The zero-order valence-corrected chi connectivity index (χ0v) is 19.4. The van der Waals surface area contributed by atoms with Crippen LogP contribution < -0.4 is 0 Å². The maximum absolute atomic E-state index is 13.2. The van der Waals surface area contributed by atoms with Gasteiger partial charge in [-0.15, -0.1) is 11.3 Å². The van der Waals surface area contributed by atoms with Crippen LogP contribution in [0.25, 0.3) is 0 Å². The summed E-state index contributed by atoms with van der Waals surface area (Å²) in [5, 5.41) is 12.6. The van der Waals surface area contributed by atoms with Crippen molar-refractivity contribution in [2.45, 2.75) is 37.4 Å².